The van der Waals surface area contributed by atoms with Crippen molar-refractivity contribution < 1.29 is 28.8 Å². The maximum absolute atomic E-state index is 11.2. The molecule has 0 unspecified atom stereocenters. The van der Waals surface area contributed by atoms with Crippen molar-refractivity contribution in [2.75, 3.05) is 35.5 Å². The van der Waals surface area contributed by atoms with Gasteiger partial charge in [-0.2, -0.15) is 0 Å². The van der Waals surface area contributed by atoms with Crippen molar-refractivity contribution in [3.05, 3.63) is 47.5 Å². The summed E-state index contributed by atoms with van der Waals surface area (Å²) in [6, 6.07) is 12.1. The first-order valence-electron chi connectivity index (χ1n) is 9.02. The second kappa shape index (κ2) is 9.05. The molecule has 30 heavy (non-hydrogen) atoms. The molecule has 0 saturated heterocycles. The minimum Gasteiger partial charge on any atom is -0.507 e. The standard InChI is InChI=1S/C23H23ClO6/c1-26-13-6-7-16(20(11-13)29-4)17-8-14(27-2)9-18(23(17)25)22-19(24)10-15(28-3)12-21(22)30-5/h6-12,25H,1-5H3. The van der Waals surface area contributed by atoms with E-state index in [2.05, 4.69) is 0 Å². The van der Waals surface area contributed by atoms with Crippen LogP contribution in [-0.4, -0.2) is 40.7 Å². The Morgan fingerprint density at radius 2 is 1.17 bits per heavy atom. The van der Waals surface area contributed by atoms with E-state index in [1.165, 1.54) is 7.11 Å². The summed E-state index contributed by atoms with van der Waals surface area (Å²) in [6.45, 7) is 0. The van der Waals surface area contributed by atoms with Crippen LogP contribution in [-0.2, 0) is 0 Å². The SMILES string of the molecule is COc1ccc(-c2cc(OC)cc(-c3c(Cl)cc(OC)cc3OC)c2O)c(OC)c1. The van der Waals surface area contributed by atoms with Gasteiger partial charge in [0, 0.05) is 34.4 Å². The molecule has 6 nitrogen and oxygen atoms in total. The van der Waals surface area contributed by atoms with E-state index in [0.29, 0.717) is 56.0 Å². The number of rotatable bonds is 7. The second-order valence-corrected chi connectivity index (χ2v) is 6.73. The molecular formula is C23H23ClO6. The van der Waals surface area contributed by atoms with Crippen LogP contribution in [0.15, 0.2) is 42.5 Å². The van der Waals surface area contributed by atoms with E-state index in [9.17, 15) is 5.11 Å². The summed E-state index contributed by atoms with van der Waals surface area (Å²) in [5, 5.41) is 11.6. The van der Waals surface area contributed by atoms with Gasteiger partial charge in [-0.05, 0) is 30.3 Å². The molecule has 158 valence electrons. The van der Waals surface area contributed by atoms with Crippen LogP contribution in [0, 0.1) is 0 Å². The lowest BCUT2D eigenvalue weighted by molar-refractivity contribution is 0.394. The van der Waals surface area contributed by atoms with Gasteiger partial charge in [0.15, 0.2) is 0 Å². The average molecular weight is 431 g/mol. The fourth-order valence-corrected chi connectivity index (χ4v) is 3.54. The molecule has 0 heterocycles. The van der Waals surface area contributed by atoms with E-state index in [4.69, 9.17) is 35.3 Å². The smallest absolute Gasteiger partial charge is 0.132 e. The van der Waals surface area contributed by atoms with Crippen LogP contribution in [0.25, 0.3) is 22.3 Å². The molecule has 0 amide bonds. The third-order valence-electron chi connectivity index (χ3n) is 4.77. The number of hydrogen-bond acceptors (Lipinski definition) is 6. The van der Waals surface area contributed by atoms with Crippen molar-refractivity contribution >= 4 is 11.6 Å². The zero-order valence-electron chi connectivity index (χ0n) is 17.4. The van der Waals surface area contributed by atoms with E-state index in [1.807, 2.05) is 6.07 Å². The Kier molecular flexibility index (Phi) is 6.47. The zero-order valence-corrected chi connectivity index (χ0v) is 18.2. The van der Waals surface area contributed by atoms with Crippen LogP contribution in [0.3, 0.4) is 0 Å². The van der Waals surface area contributed by atoms with E-state index < -0.39 is 0 Å². The van der Waals surface area contributed by atoms with E-state index in [0.717, 1.165) is 0 Å². The van der Waals surface area contributed by atoms with Gasteiger partial charge in [-0.3, -0.25) is 0 Å². The van der Waals surface area contributed by atoms with Crippen molar-refractivity contribution in [3.8, 4) is 56.8 Å². The molecule has 3 aromatic carbocycles. The van der Waals surface area contributed by atoms with E-state index in [1.54, 1.807) is 64.8 Å². The summed E-state index contributed by atoms with van der Waals surface area (Å²) in [4.78, 5) is 0. The predicted octanol–water partition coefficient (Wildman–Crippen LogP) is 5.42. The molecule has 0 aliphatic carbocycles. The van der Waals surface area contributed by atoms with Gasteiger partial charge >= 0.3 is 0 Å². The first-order valence-corrected chi connectivity index (χ1v) is 9.40. The van der Waals surface area contributed by atoms with Crippen LogP contribution >= 0.6 is 11.6 Å². The van der Waals surface area contributed by atoms with Gasteiger partial charge in [0.2, 0.25) is 0 Å². The molecule has 0 aromatic heterocycles. The molecule has 0 aliphatic rings. The lowest BCUT2D eigenvalue weighted by Crippen LogP contribution is -1.96. The maximum Gasteiger partial charge on any atom is 0.132 e. The number of benzene rings is 3. The number of ether oxygens (including phenoxy) is 5. The third-order valence-corrected chi connectivity index (χ3v) is 5.07. The normalized spacial score (nSPS) is 10.5. The molecule has 3 aromatic rings. The van der Waals surface area contributed by atoms with E-state index in [-0.39, 0.29) is 5.75 Å². The van der Waals surface area contributed by atoms with Crippen LogP contribution in [0.2, 0.25) is 5.02 Å². The number of phenols is 1. The number of halogens is 1. The summed E-state index contributed by atoms with van der Waals surface area (Å²) in [6.07, 6.45) is 0. The molecular weight excluding hydrogens is 408 g/mol. The fourth-order valence-electron chi connectivity index (χ4n) is 3.24. The Labute approximate surface area is 180 Å². The van der Waals surface area contributed by atoms with Gasteiger partial charge in [0.25, 0.3) is 0 Å². The highest BCUT2D eigenvalue weighted by molar-refractivity contribution is 6.34. The van der Waals surface area contributed by atoms with Crippen LogP contribution < -0.4 is 23.7 Å². The summed E-state index contributed by atoms with van der Waals surface area (Å²) >= 11 is 6.54. The van der Waals surface area contributed by atoms with Crippen molar-refractivity contribution in [1.29, 1.82) is 0 Å². The van der Waals surface area contributed by atoms with Crippen LogP contribution in [0.1, 0.15) is 0 Å². The Hall–Kier alpha value is -3.25. The molecule has 0 radical (unpaired) electrons. The summed E-state index contributed by atoms with van der Waals surface area (Å²) in [5.41, 5.74) is 2.15. The van der Waals surface area contributed by atoms with Crippen molar-refractivity contribution in [2.24, 2.45) is 0 Å². The first-order chi connectivity index (χ1) is 14.5. The number of phenolic OH excluding ortho intramolecular Hbond substituents is 1. The zero-order chi connectivity index (χ0) is 21.8. The highest BCUT2D eigenvalue weighted by Gasteiger charge is 2.22. The lowest BCUT2D eigenvalue weighted by Gasteiger charge is -2.18. The molecule has 0 fully saturated rings. The molecule has 0 aliphatic heterocycles. The van der Waals surface area contributed by atoms with Gasteiger partial charge in [-0.25, -0.2) is 0 Å². The Balaban J connectivity index is 2.31. The molecule has 3 rings (SSSR count). The van der Waals surface area contributed by atoms with Gasteiger partial charge < -0.3 is 28.8 Å². The third kappa shape index (κ3) is 3.91. The number of aromatic hydroxyl groups is 1. The van der Waals surface area contributed by atoms with Crippen molar-refractivity contribution in [3.63, 3.8) is 0 Å². The van der Waals surface area contributed by atoms with Crippen LogP contribution in [0.5, 0.6) is 34.5 Å². The maximum atomic E-state index is 11.2. The number of hydrogen-bond donors (Lipinski definition) is 1. The average Bonchev–Trinajstić information content (AvgIpc) is 2.78. The van der Waals surface area contributed by atoms with Crippen molar-refractivity contribution in [2.45, 2.75) is 0 Å². The largest absolute Gasteiger partial charge is 0.507 e. The second-order valence-electron chi connectivity index (χ2n) is 6.32. The monoisotopic (exact) mass is 430 g/mol. The van der Waals surface area contributed by atoms with Gasteiger partial charge in [-0.15, -0.1) is 0 Å². The topological polar surface area (TPSA) is 66.4 Å². The highest BCUT2D eigenvalue weighted by atomic mass is 35.5. The lowest BCUT2D eigenvalue weighted by atomic mass is 9.95. The molecule has 7 heteroatoms. The molecule has 0 spiro atoms. The van der Waals surface area contributed by atoms with E-state index >= 15 is 0 Å². The predicted molar refractivity (Wildman–Crippen MR) is 117 cm³/mol. The summed E-state index contributed by atoms with van der Waals surface area (Å²) < 4.78 is 27.1. The van der Waals surface area contributed by atoms with Crippen molar-refractivity contribution in [1.82, 2.24) is 0 Å². The van der Waals surface area contributed by atoms with Gasteiger partial charge in [0.05, 0.1) is 40.6 Å². The molecule has 0 bridgehead atoms. The minimum absolute atomic E-state index is 0.00429. The summed E-state index contributed by atoms with van der Waals surface area (Å²) in [7, 11) is 7.76. The molecule has 1 N–H and O–H groups in total. The Morgan fingerprint density at radius 3 is 1.77 bits per heavy atom. The molecule has 0 saturated carbocycles. The minimum atomic E-state index is 0.00429. The van der Waals surface area contributed by atoms with Gasteiger partial charge in [-0.1, -0.05) is 11.6 Å². The van der Waals surface area contributed by atoms with Gasteiger partial charge in [0.1, 0.15) is 34.5 Å². The fraction of sp³-hybridized carbons (Fsp3) is 0.217. The van der Waals surface area contributed by atoms with Crippen LogP contribution in [0.4, 0.5) is 0 Å². The quantitative estimate of drug-likeness (QED) is 0.539. The molecule has 0 atom stereocenters. The summed E-state index contributed by atoms with van der Waals surface area (Å²) in [5.74, 6) is 2.71. The first kappa shape index (κ1) is 21.5. The Bertz CT molecular complexity index is 1060. The Morgan fingerprint density at radius 1 is 0.600 bits per heavy atom. The number of methoxy groups -OCH3 is 5. The highest BCUT2D eigenvalue weighted by Crippen LogP contribution is 2.49.